The first-order chi connectivity index (χ1) is 15.9. The molecule has 0 saturated heterocycles. The maximum absolute atomic E-state index is 13.6. The number of carbonyl (C=O) groups excluding carboxylic acids is 1. The summed E-state index contributed by atoms with van der Waals surface area (Å²) in [7, 11) is 0. The van der Waals surface area contributed by atoms with Crippen LogP contribution in [0, 0.1) is 17.8 Å². The number of rotatable bonds is 7. The van der Waals surface area contributed by atoms with E-state index < -0.39 is 12.0 Å². The number of fused-ring (bicyclic) bond motifs is 1. The number of amides is 2. The van der Waals surface area contributed by atoms with Gasteiger partial charge in [-0.2, -0.15) is 0 Å². The summed E-state index contributed by atoms with van der Waals surface area (Å²) in [6.07, 6.45) is 7.72. The van der Waals surface area contributed by atoms with E-state index in [9.17, 15) is 14.7 Å². The van der Waals surface area contributed by atoms with Gasteiger partial charge in [0.25, 0.3) is 0 Å². The van der Waals surface area contributed by atoms with E-state index >= 15 is 0 Å². The van der Waals surface area contributed by atoms with Gasteiger partial charge in [0.2, 0.25) is 0 Å². The van der Waals surface area contributed by atoms with Gasteiger partial charge < -0.3 is 24.8 Å². The molecule has 1 aliphatic heterocycles. The SMILES string of the molecule is CCOc1cc2c(cc1OCC)[C@@H](CC(=O)O)N(C(=O)NC13CC4CC(CC(C4)C1)C3)CC2. The second kappa shape index (κ2) is 8.73. The third kappa shape index (κ3) is 4.26. The van der Waals surface area contributed by atoms with Crippen LogP contribution in [0.15, 0.2) is 12.1 Å². The number of hydrogen-bond acceptors (Lipinski definition) is 4. The Bertz CT molecular complexity index is 894. The fourth-order valence-corrected chi connectivity index (χ4v) is 7.44. The fourth-order valence-electron chi connectivity index (χ4n) is 7.44. The molecule has 0 unspecified atom stereocenters. The molecule has 33 heavy (non-hydrogen) atoms. The number of hydrogen-bond donors (Lipinski definition) is 2. The van der Waals surface area contributed by atoms with Crippen LogP contribution in [-0.4, -0.2) is 47.3 Å². The van der Waals surface area contributed by atoms with E-state index in [1.807, 2.05) is 26.0 Å². The summed E-state index contributed by atoms with van der Waals surface area (Å²) < 4.78 is 11.6. The van der Waals surface area contributed by atoms with Crippen LogP contribution in [0.2, 0.25) is 0 Å². The van der Waals surface area contributed by atoms with Crippen molar-refractivity contribution in [3.63, 3.8) is 0 Å². The molecule has 6 rings (SSSR count). The molecule has 180 valence electrons. The molecule has 2 amide bonds. The summed E-state index contributed by atoms with van der Waals surface area (Å²) in [6, 6.07) is 3.23. The lowest BCUT2D eigenvalue weighted by Gasteiger charge is -2.57. The number of urea groups is 1. The third-order valence-electron chi connectivity index (χ3n) is 8.20. The molecule has 2 N–H and O–H groups in total. The Labute approximate surface area is 195 Å². The van der Waals surface area contributed by atoms with Gasteiger partial charge >= 0.3 is 12.0 Å². The zero-order chi connectivity index (χ0) is 23.2. The van der Waals surface area contributed by atoms with Gasteiger partial charge in [0.15, 0.2) is 11.5 Å². The first kappa shape index (κ1) is 22.4. The Hall–Kier alpha value is -2.44. The lowest BCUT2D eigenvalue weighted by atomic mass is 9.53. The molecular weight excluding hydrogens is 420 g/mol. The van der Waals surface area contributed by atoms with Gasteiger partial charge in [-0.1, -0.05) is 0 Å². The van der Waals surface area contributed by atoms with E-state index in [4.69, 9.17) is 9.47 Å². The Balaban J connectivity index is 1.42. The molecule has 1 aromatic rings. The first-order valence-corrected chi connectivity index (χ1v) is 12.6. The predicted octanol–water partition coefficient (Wildman–Crippen LogP) is 4.54. The molecule has 1 aromatic carbocycles. The van der Waals surface area contributed by atoms with Crippen molar-refractivity contribution in [3.05, 3.63) is 23.3 Å². The second-order valence-corrected chi connectivity index (χ2v) is 10.5. The van der Waals surface area contributed by atoms with Crippen molar-refractivity contribution in [3.8, 4) is 11.5 Å². The predicted molar refractivity (Wildman–Crippen MR) is 124 cm³/mol. The van der Waals surface area contributed by atoms with E-state index in [2.05, 4.69) is 5.32 Å². The summed E-state index contributed by atoms with van der Waals surface area (Å²) in [5.41, 5.74) is 1.79. The minimum absolute atomic E-state index is 0.102. The Morgan fingerprint density at radius 3 is 2.15 bits per heavy atom. The highest BCUT2D eigenvalue weighted by molar-refractivity contribution is 5.78. The standard InChI is InChI=1S/C26H36N2O5/c1-3-32-22-10-19-5-6-28(21(12-24(29)30)20(19)11-23(22)33-4-2)25(31)27-26-13-16-7-17(14-26)9-18(8-16)15-26/h10-11,16-18,21H,3-9,12-15H2,1-2H3,(H,27,31)(H,29,30)/t16?,17?,18?,21-,26?/m1/s1. The van der Waals surface area contributed by atoms with Crippen molar-refractivity contribution < 1.29 is 24.2 Å². The van der Waals surface area contributed by atoms with Gasteiger partial charge in [0.1, 0.15) is 0 Å². The number of aliphatic carboxylic acids is 1. The van der Waals surface area contributed by atoms with Crippen LogP contribution >= 0.6 is 0 Å². The minimum Gasteiger partial charge on any atom is -0.490 e. The maximum Gasteiger partial charge on any atom is 0.318 e. The normalized spacial score (nSPS) is 31.8. The van der Waals surface area contributed by atoms with E-state index in [0.29, 0.717) is 37.7 Å². The monoisotopic (exact) mass is 456 g/mol. The first-order valence-electron chi connectivity index (χ1n) is 12.6. The molecule has 0 aromatic heterocycles. The molecule has 4 aliphatic carbocycles. The van der Waals surface area contributed by atoms with Crippen LogP contribution in [0.1, 0.15) is 76.0 Å². The molecule has 4 saturated carbocycles. The number of carbonyl (C=O) groups is 2. The van der Waals surface area contributed by atoms with Gasteiger partial charge in [0, 0.05) is 12.1 Å². The summed E-state index contributed by atoms with van der Waals surface area (Å²) in [5, 5.41) is 13.1. The zero-order valence-electron chi connectivity index (χ0n) is 19.8. The van der Waals surface area contributed by atoms with E-state index in [-0.39, 0.29) is 18.0 Å². The van der Waals surface area contributed by atoms with Gasteiger partial charge in [0.05, 0.1) is 25.7 Å². The number of carboxylic acid groups (broad SMARTS) is 1. The van der Waals surface area contributed by atoms with E-state index in [1.165, 1.54) is 19.3 Å². The topological polar surface area (TPSA) is 88.1 Å². The van der Waals surface area contributed by atoms with Gasteiger partial charge in [-0.05, 0) is 99.8 Å². The highest BCUT2D eigenvalue weighted by Gasteiger charge is 2.52. The van der Waals surface area contributed by atoms with Crippen molar-refractivity contribution in [2.75, 3.05) is 19.8 Å². The summed E-state index contributed by atoms with van der Waals surface area (Å²) in [4.78, 5) is 27.2. The molecule has 5 aliphatic rings. The molecule has 7 heteroatoms. The average Bonchev–Trinajstić information content (AvgIpc) is 2.73. The minimum atomic E-state index is -0.910. The molecule has 0 radical (unpaired) electrons. The maximum atomic E-state index is 13.6. The number of nitrogens with one attached hydrogen (secondary N) is 1. The number of carboxylic acids is 1. The van der Waals surface area contributed by atoms with Gasteiger partial charge in [-0.15, -0.1) is 0 Å². The highest BCUT2D eigenvalue weighted by atomic mass is 16.5. The largest absolute Gasteiger partial charge is 0.490 e. The zero-order valence-corrected chi connectivity index (χ0v) is 19.8. The van der Waals surface area contributed by atoms with Crippen LogP contribution in [-0.2, 0) is 11.2 Å². The Kier molecular flexibility index (Phi) is 5.91. The molecule has 4 fully saturated rings. The second-order valence-electron chi connectivity index (χ2n) is 10.5. The highest BCUT2D eigenvalue weighted by Crippen LogP contribution is 2.55. The van der Waals surface area contributed by atoms with Crippen molar-refractivity contribution in [1.82, 2.24) is 10.2 Å². The van der Waals surface area contributed by atoms with E-state index in [1.54, 1.807) is 4.90 Å². The fraction of sp³-hybridized carbons (Fsp3) is 0.692. The molecule has 0 spiro atoms. The number of ether oxygens (including phenoxy) is 2. The summed E-state index contributed by atoms with van der Waals surface area (Å²) in [6.45, 7) is 5.35. The van der Waals surface area contributed by atoms with Gasteiger partial charge in [-0.3, -0.25) is 4.79 Å². The summed E-state index contributed by atoms with van der Waals surface area (Å²) >= 11 is 0. The molecule has 4 bridgehead atoms. The van der Waals surface area contributed by atoms with Crippen LogP contribution in [0.4, 0.5) is 4.79 Å². The molecule has 1 heterocycles. The lowest BCUT2D eigenvalue weighted by molar-refractivity contribution is -0.138. The molecular formula is C26H36N2O5. The van der Waals surface area contributed by atoms with Crippen molar-refractivity contribution in [2.45, 2.75) is 76.8 Å². The summed E-state index contributed by atoms with van der Waals surface area (Å²) in [5.74, 6) is 2.58. The number of benzene rings is 1. The molecule has 7 nitrogen and oxygen atoms in total. The van der Waals surface area contributed by atoms with Crippen LogP contribution in [0.5, 0.6) is 11.5 Å². The van der Waals surface area contributed by atoms with E-state index in [0.717, 1.165) is 48.1 Å². The average molecular weight is 457 g/mol. The van der Waals surface area contributed by atoms with Crippen LogP contribution < -0.4 is 14.8 Å². The van der Waals surface area contributed by atoms with Crippen LogP contribution in [0.25, 0.3) is 0 Å². The van der Waals surface area contributed by atoms with Crippen molar-refractivity contribution in [2.24, 2.45) is 17.8 Å². The van der Waals surface area contributed by atoms with Crippen molar-refractivity contribution >= 4 is 12.0 Å². The molecule has 1 atom stereocenters. The van der Waals surface area contributed by atoms with Crippen LogP contribution in [0.3, 0.4) is 0 Å². The smallest absolute Gasteiger partial charge is 0.318 e. The quantitative estimate of drug-likeness (QED) is 0.629. The van der Waals surface area contributed by atoms with Gasteiger partial charge in [-0.25, -0.2) is 4.79 Å². The Morgan fingerprint density at radius 1 is 1.03 bits per heavy atom. The lowest BCUT2D eigenvalue weighted by Crippen LogP contribution is -2.62. The van der Waals surface area contributed by atoms with Crippen molar-refractivity contribution in [1.29, 1.82) is 0 Å². The number of nitrogens with zero attached hydrogens (tertiary/aromatic N) is 1. The Morgan fingerprint density at radius 2 is 1.61 bits per heavy atom. The third-order valence-corrected chi connectivity index (χ3v) is 8.20.